The average molecular weight is 297 g/mol. The molecule has 2 aromatic rings. The third-order valence-corrected chi connectivity index (χ3v) is 4.43. The largest absolute Gasteiger partial charge is 0.416 e. The van der Waals surface area contributed by atoms with E-state index in [-0.39, 0.29) is 5.91 Å². The van der Waals surface area contributed by atoms with Gasteiger partial charge < -0.3 is 5.32 Å². The van der Waals surface area contributed by atoms with Gasteiger partial charge in [-0.25, -0.2) is 0 Å². The molecule has 2 nitrogen and oxygen atoms in total. The number of benzene rings is 1. The topological polar surface area (TPSA) is 29.1 Å². The average Bonchev–Trinajstić information content (AvgIpc) is 2.83. The molecule has 1 amide bonds. The zero-order valence-corrected chi connectivity index (χ0v) is 11.1. The molecule has 0 saturated carbocycles. The lowest BCUT2D eigenvalue weighted by molar-refractivity contribution is -0.137. The molecule has 0 bridgehead atoms. The number of carbonyl (C=O) groups is 1. The summed E-state index contributed by atoms with van der Waals surface area (Å²) in [6.07, 6.45) is -3.56. The van der Waals surface area contributed by atoms with Gasteiger partial charge in [-0.15, -0.1) is 11.3 Å². The Kier molecular flexibility index (Phi) is 3.05. The molecule has 1 aromatic carbocycles. The SMILES string of the molecule is O=C1NCCc2sc(-c3ccc(C(F)(F)F)cc3)cc21. The minimum absolute atomic E-state index is 0.110. The molecule has 1 aromatic heterocycles. The number of alkyl halides is 3. The first-order chi connectivity index (χ1) is 9.45. The number of hydrogen-bond acceptors (Lipinski definition) is 2. The van der Waals surface area contributed by atoms with E-state index in [0.717, 1.165) is 28.3 Å². The third kappa shape index (κ3) is 2.31. The minimum Gasteiger partial charge on any atom is -0.352 e. The van der Waals surface area contributed by atoms with Crippen LogP contribution in [0.1, 0.15) is 20.8 Å². The Labute approximate surface area is 117 Å². The van der Waals surface area contributed by atoms with Crippen LogP contribution in [0.25, 0.3) is 10.4 Å². The summed E-state index contributed by atoms with van der Waals surface area (Å²) in [4.78, 5) is 13.5. The van der Waals surface area contributed by atoms with Crippen molar-refractivity contribution in [2.75, 3.05) is 6.54 Å². The first-order valence-electron chi connectivity index (χ1n) is 6.04. The minimum atomic E-state index is -4.33. The van der Waals surface area contributed by atoms with Gasteiger partial charge >= 0.3 is 6.18 Å². The van der Waals surface area contributed by atoms with Crippen LogP contribution in [0.4, 0.5) is 13.2 Å². The molecule has 1 N–H and O–H groups in total. The van der Waals surface area contributed by atoms with Crippen LogP contribution in [-0.4, -0.2) is 12.5 Å². The Morgan fingerprint density at radius 3 is 2.45 bits per heavy atom. The summed E-state index contributed by atoms with van der Waals surface area (Å²) in [5.41, 5.74) is 0.668. The maximum atomic E-state index is 12.5. The second-order valence-electron chi connectivity index (χ2n) is 4.53. The van der Waals surface area contributed by atoms with Gasteiger partial charge in [0, 0.05) is 16.3 Å². The van der Waals surface area contributed by atoms with E-state index in [0.29, 0.717) is 17.7 Å². The normalized spacial score (nSPS) is 14.8. The van der Waals surface area contributed by atoms with Crippen molar-refractivity contribution in [3.05, 3.63) is 46.3 Å². The summed E-state index contributed by atoms with van der Waals surface area (Å²) < 4.78 is 37.5. The summed E-state index contributed by atoms with van der Waals surface area (Å²) in [7, 11) is 0. The van der Waals surface area contributed by atoms with Crippen molar-refractivity contribution >= 4 is 17.2 Å². The molecule has 0 atom stereocenters. The fourth-order valence-corrected chi connectivity index (χ4v) is 3.32. The molecule has 0 fully saturated rings. The summed E-state index contributed by atoms with van der Waals surface area (Å²) >= 11 is 1.46. The highest BCUT2D eigenvalue weighted by Crippen LogP contribution is 2.35. The van der Waals surface area contributed by atoms with Crippen LogP contribution in [0.3, 0.4) is 0 Å². The summed E-state index contributed by atoms with van der Waals surface area (Å²) in [6.45, 7) is 0.610. The molecule has 0 saturated heterocycles. The molecule has 104 valence electrons. The van der Waals surface area contributed by atoms with E-state index in [1.807, 2.05) is 0 Å². The molecule has 6 heteroatoms. The molecule has 1 aliphatic heterocycles. The highest BCUT2D eigenvalue weighted by molar-refractivity contribution is 7.15. The first-order valence-corrected chi connectivity index (χ1v) is 6.85. The third-order valence-electron chi connectivity index (χ3n) is 3.19. The van der Waals surface area contributed by atoms with Gasteiger partial charge in [-0.1, -0.05) is 12.1 Å². The molecule has 1 aliphatic rings. The molecule has 0 unspecified atom stereocenters. The van der Waals surface area contributed by atoms with Crippen LogP contribution in [-0.2, 0) is 12.6 Å². The number of hydrogen-bond donors (Lipinski definition) is 1. The Hall–Kier alpha value is -1.82. The van der Waals surface area contributed by atoms with Crippen molar-refractivity contribution in [3.8, 4) is 10.4 Å². The second kappa shape index (κ2) is 4.63. The van der Waals surface area contributed by atoms with E-state index in [2.05, 4.69) is 5.32 Å². The first kappa shape index (κ1) is 13.2. The number of halogens is 3. The van der Waals surface area contributed by atoms with Gasteiger partial charge in [-0.3, -0.25) is 4.79 Å². The predicted octanol–water partition coefficient (Wildman–Crippen LogP) is 3.72. The van der Waals surface area contributed by atoms with E-state index in [1.165, 1.54) is 23.5 Å². The van der Waals surface area contributed by atoms with Crippen molar-refractivity contribution in [1.82, 2.24) is 5.32 Å². The van der Waals surface area contributed by atoms with Gasteiger partial charge in [-0.05, 0) is 30.2 Å². The Balaban J connectivity index is 1.96. The smallest absolute Gasteiger partial charge is 0.352 e. The number of rotatable bonds is 1. The van der Waals surface area contributed by atoms with Gasteiger partial charge in [0.2, 0.25) is 0 Å². The highest BCUT2D eigenvalue weighted by atomic mass is 32.1. The van der Waals surface area contributed by atoms with Crippen LogP contribution < -0.4 is 5.32 Å². The van der Waals surface area contributed by atoms with Crippen LogP contribution in [0, 0.1) is 0 Å². The van der Waals surface area contributed by atoms with Crippen LogP contribution >= 0.6 is 11.3 Å². The summed E-state index contributed by atoms with van der Waals surface area (Å²) in [5.74, 6) is -0.110. The molecule has 0 radical (unpaired) electrons. The van der Waals surface area contributed by atoms with E-state index >= 15 is 0 Å². The number of fused-ring (bicyclic) bond motifs is 1. The van der Waals surface area contributed by atoms with Gasteiger partial charge in [0.25, 0.3) is 5.91 Å². The van der Waals surface area contributed by atoms with Gasteiger partial charge in [0.05, 0.1) is 11.1 Å². The quantitative estimate of drug-likeness (QED) is 0.854. The summed E-state index contributed by atoms with van der Waals surface area (Å²) in [5, 5.41) is 2.75. The molecular formula is C14H10F3NOS. The summed E-state index contributed by atoms with van der Waals surface area (Å²) in [6, 6.07) is 6.76. The Morgan fingerprint density at radius 2 is 1.85 bits per heavy atom. The highest BCUT2D eigenvalue weighted by Gasteiger charge is 2.30. The van der Waals surface area contributed by atoms with Crippen molar-refractivity contribution < 1.29 is 18.0 Å². The van der Waals surface area contributed by atoms with Crippen LogP contribution in [0.5, 0.6) is 0 Å². The molecule has 3 rings (SSSR count). The maximum absolute atomic E-state index is 12.5. The van der Waals surface area contributed by atoms with Gasteiger partial charge in [0.15, 0.2) is 0 Å². The van der Waals surface area contributed by atoms with Crippen LogP contribution in [0.2, 0.25) is 0 Å². The molecular weight excluding hydrogens is 287 g/mol. The van der Waals surface area contributed by atoms with E-state index in [9.17, 15) is 18.0 Å². The van der Waals surface area contributed by atoms with Crippen molar-refractivity contribution in [1.29, 1.82) is 0 Å². The lowest BCUT2D eigenvalue weighted by Crippen LogP contribution is -2.30. The van der Waals surface area contributed by atoms with Gasteiger partial charge in [-0.2, -0.15) is 13.2 Å². The second-order valence-corrected chi connectivity index (χ2v) is 5.67. The number of thiophene rings is 1. The van der Waals surface area contributed by atoms with Crippen molar-refractivity contribution in [2.45, 2.75) is 12.6 Å². The standard InChI is InChI=1S/C14H10F3NOS/c15-14(16,17)9-3-1-8(2-4-9)12-7-10-11(20-12)5-6-18-13(10)19/h1-4,7H,5-6H2,(H,18,19). The predicted molar refractivity (Wildman–Crippen MR) is 70.8 cm³/mol. The molecule has 20 heavy (non-hydrogen) atoms. The molecule has 0 spiro atoms. The fraction of sp³-hybridized carbons (Fsp3) is 0.214. The van der Waals surface area contributed by atoms with Crippen LogP contribution in [0.15, 0.2) is 30.3 Å². The number of carbonyl (C=O) groups excluding carboxylic acids is 1. The van der Waals surface area contributed by atoms with Crippen molar-refractivity contribution in [2.24, 2.45) is 0 Å². The Bertz CT molecular complexity index is 658. The zero-order valence-electron chi connectivity index (χ0n) is 10.3. The zero-order chi connectivity index (χ0) is 14.3. The monoisotopic (exact) mass is 297 g/mol. The fourth-order valence-electron chi connectivity index (χ4n) is 2.16. The van der Waals surface area contributed by atoms with Gasteiger partial charge in [0.1, 0.15) is 0 Å². The lowest BCUT2D eigenvalue weighted by atomic mass is 10.1. The number of amides is 1. The van der Waals surface area contributed by atoms with Crippen molar-refractivity contribution in [3.63, 3.8) is 0 Å². The Morgan fingerprint density at radius 1 is 1.15 bits per heavy atom. The van der Waals surface area contributed by atoms with E-state index in [4.69, 9.17) is 0 Å². The van der Waals surface area contributed by atoms with E-state index < -0.39 is 11.7 Å². The van der Waals surface area contributed by atoms with E-state index in [1.54, 1.807) is 6.07 Å². The molecule has 2 heterocycles. The molecule has 0 aliphatic carbocycles. The number of nitrogens with one attached hydrogen (secondary N) is 1. The maximum Gasteiger partial charge on any atom is 0.416 e. The lowest BCUT2D eigenvalue weighted by Gasteiger charge is -2.10.